The minimum atomic E-state index is -4.56. The fourth-order valence-corrected chi connectivity index (χ4v) is 9.90. The number of imidazole rings is 2. The predicted octanol–water partition coefficient (Wildman–Crippen LogP) is 2.32. The molecule has 3 aliphatic rings. The topological polar surface area (TPSA) is 275 Å². The van der Waals surface area contributed by atoms with Crippen LogP contribution in [0.5, 0.6) is 0 Å². The van der Waals surface area contributed by atoms with Crippen LogP contribution >= 0.6 is 24.9 Å². The number of rotatable bonds is 6. The summed E-state index contributed by atoms with van der Waals surface area (Å²) in [6, 6.07) is 1.52. The van der Waals surface area contributed by atoms with Crippen molar-refractivity contribution in [1.82, 2.24) is 34.1 Å². The first-order chi connectivity index (χ1) is 24.7. The number of aromatic nitrogens is 7. The second-order valence-corrected chi connectivity index (χ2v) is 18.6. The molecule has 0 radical (unpaired) electrons. The normalized spacial score (nSPS) is 34.1. The van der Waals surface area contributed by atoms with Crippen LogP contribution in [0.1, 0.15) is 26.3 Å². The Morgan fingerprint density at radius 2 is 1.73 bits per heavy atom. The molecule has 0 aromatic carbocycles. The van der Waals surface area contributed by atoms with E-state index in [0.29, 0.717) is 11.4 Å². The lowest BCUT2D eigenvalue weighted by atomic mass is 10.1. The third-order valence-corrected chi connectivity index (χ3v) is 12.9. The predicted molar refractivity (Wildman–Crippen MR) is 181 cm³/mol. The molecule has 3 fully saturated rings. The summed E-state index contributed by atoms with van der Waals surface area (Å²) in [5, 5.41) is 11.5. The fraction of sp³-hybridized carbons (Fsp3) is 0.538. The highest BCUT2D eigenvalue weighted by Crippen LogP contribution is 2.64. The highest BCUT2D eigenvalue weighted by molar-refractivity contribution is 8.55. The molecule has 0 amide bonds. The van der Waals surface area contributed by atoms with Gasteiger partial charge < -0.3 is 44.9 Å². The molecule has 4 aromatic heterocycles. The fourth-order valence-electron chi connectivity index (χ4n) is 5.70. The zero-order valence-electron chi connectivity index (χ0n) is 27.1. The van der Waals surface area contributed by atoms with Gasteiger partial charge in [0.15, 0.2) is 41.7 Å². The molecule has 21 nitrogen and oxygen atoms in total. The van der Waals surface area contributed by atoms with Crippen LogP contribution in [-0.2, 0) is 53.4 Å². The van der Waals surface area contributed by atoms with E-state index in [1.165, 1.54) is 40.4 Å². The molecule has 7 heterocycles. The third-order valence-electron chi connectivity index (χ3n) is 8.03. The van der Waals surface area contributed by atoms with Crippen molar-refractivity contribution in [3.8, 4) is 0 Å². The van der Waals surface area contributed by atoms with Crippen LogP contribution in [0, 0.1) is 0 Å². The van der Waals surface area contributed by atoms with Crippen LogP contribution in [0.3, 0.4) is 0 Å². The minimum Gasteiger partial charge on any atom is -0.432 e. The molecule has 52 heavy (non-hydrogen) atoms. The lowest BCUT2D eigenvalue weighted by molar-refractivity contribution is -0.0585. The van der Waals surface area contributed by atoms with E-state index in [1.54, 1.807) is 13.8 Å². The molecule has 282 valence electrons. The summed E-state index contributed by atoms with van der Waals surface area (Å²) in [6.45, 7) is -6.96. The lowest BCUT2D eigenvalue weighted by Gasteiger charge is -2.28. The number of aliphatic hydroxyl groups is 1. The number of nitrogens with zero attached hydrogens (tertiary/aromatic N) is 7. The van der Waals surface area contributed by atoms with Gasteiger partial charge in [0.2, 0.25) is 0 Å². The number of nitrogen functional groups attached to an aromatic ring is 2. The van der Waals surface area contributed by atoms with Crippen molar-refractivity contribution in [3.05, 3.63) is 31.2 Å². The molecule has 0 saturated carbocycles. The summed E-state index contributed by atoms with van der Waals surface area (Å²) < 4.78 is 78.8. The van der Waals surface area contributed by atoms with Gasteiger partial charge >= 0.3 is 19.7 Å². The average molecular weight is 808 g/mol. The van der Waals surface area contributed by atoms with Crippen LogP contribution in [0.15, 0.2) is 31.2 Å². The smallest absolute Gasteiger partial charge is 0.432 e. The van der Waals surface area contributed by atoms with Crippen LogP contribution in [0.4, 0.5) is 20.7 Å². The largest absolute Gasteiger partial charge is 0.509 e. The second-order valence-electron chi connectivity index (χ2n) is 11.8. The number of nitrogens with two attached hydrogens (primary N) is 2. The number of hydrogen-bond donors (Lipinski definition) is 4. The van der Waals surface area contributed by atoms with Crippen molar-refractivity contribution in [2.75, 3.05) is 30.6 Å². The maximum Gasteiger partial charge on any atom is 0.509 e. The van der Waals surface area contributed by atoms with E-state index < -0.39 is 94.1 Å². The molecule has 0 aliphatic carbocycles. The Morgan fingerprint density at radius 3 is 2.50 bits per heavy atom. The molecular weight excluding hydrogens is 775 g/mol. The molecule has 3 aliphatic heterocycles. The van der Waals surface area contributed by atoms with E-state index in [0.717, 1.165) is 0 Å². The molecular formula is C26H32FN9O12P2S2. The number of ether oxygens (including phenoxy) is 4. The Kier molecular flexibility index (Phi) is 10.5. The quantitative estimate of drug-likeness (QED) is 0.124. The van der Waals surface area contributed by atoms with E-state index in [2.05, 4.69) is 24.9 Å². The van der Waals surface area contributed by atoms with Gasteiger partial charge in [-0.25, -0.2) is 38.7 Å². The Morgan fingerprint density at radius 1 is 1.04 bits per heavy atom. The van der Waals surface area contributed by atoms with Gasteiger partial charge in [-0.05, 0) is 31.7 Å². The Bertz CT molecular complexity index is 2060. The second kappa shape index (κ2) is 14.6. The monoisotopic (exact) mass is 807 g/mol. The van der Waals surface area contributed by atoms with Gasteiger partial charge in [-0.1, -0.05) is 0 Å². The first-order valence-corrected chi connectivity index (χ1v) is 21.2. The average Bonchev–Trinajstić information content (AvgIpc) is 3.84. The molecule has 2 bridgehead atoms. The van der Waals surface area contributed by atoms with E-state index in [9.17, 15) is 19.4 Å². The summed E-state index contributed by atoms with van der Waals surface area (Å²) in [4.78, 5) is 44.0. The van der Waals surface area contributed by atoms with Crippen LogP contribution < -0.4 is 11.5 Å². The van der Waals surface area contributed by atoms with Gasteiger partial charge in [0.25, 0.3) is 0 Å². The van der Waals surface area contributed by atoms with Gasteiger partial charge in [0.05, 0.1) is 37.7 Å². The van der Waals surface area contributed by atoms with Crippen molar-refractivity contribution < 1.29 is 60.8 Å². The number of carbonyl (C=O) groups is 1. The molecule has 4 unspecified atom stereocenters. The Balaban J connectivity index is 1.22. The molecule has 3 saturated heterocycles. The highest BCUT2D eigenvalue weighted by Gasteiger charge is 2.54. The number of alkyl halides is 1. The number of halogens is 1. The molecule has 26 heteroatoms. The zero-order chi connectivity index (χ0) is 36.9. The van der Waals surface area contributed by atoms with Gasteiger partial charge in [0, 0.05) is 17.6 Å². The molecule has 6 N–H and O–H groups in total. The van der Waals surface area contributed by atoms with E-state index in [-0.39, 0.29) is 33.8 Å². The summed E-state index contributed by atoms with van der Waals surface area (Å²) in [6.07, 6.45) is -8.76. The first kappa shape index (κ1) is 37.2. The maximum absolute atomic E-state index is 16.4. The number of anilines is 2. The molecule has 0 spiro atoms. The Labute approximate surface area is 301 Å². The number of fused-ring (bicyclic) bond motifs is 5. The van der Waals surface area contributed by atoms with Crippen molar-refractivity contribution in [1.29, 1.82) is 0 Å². The minimum absolute atomic E-state index is 0.0495. The first-order valence-electron chi connectivity index (χ1n) is 15.4. The Hall–Kier alpha value is -3.12. The highest BCUT2D eigenvalue weighted by atomic mass is 32.7. The third kappa shape index (κ3) is 7.35. The van der Waals surface area contributed by atoms with Gasteiger partial charge in [-0.2, -0.15) is 0 Å². The van der Waals surface area contributed by atoms with Crippen molar-refractivity contribution in [2.45, 2.75) is 69.1 Å². The summed E-state index contributed by atoms with van der Waals surface area (Å²) in [5.41, 5.74) is 13.1. The van der Waals surface area contributed by atoms with Crippen LogP contribution in [-0.4, -0.2) is 112 Å². The number of carbonyl (C=O) groups excluding carboxylic acids is 1. The van der Waals surface area contributed by atoms with E-state index >= 15 is 4.39 Å². The molecule has 4 aromatic rings. The number of pyridine rings is 1. The summed E-state index contributed by atoms with van der Waals surface area (Å²) in [7, 11) is 0. The number of aliphatic hydroxyl groups excluding tert-OH is 1. The van der Waals surface area contributed by atoms with Gasteiger partial charge in [-0.3, -0.25) is 22.7 Å². The van der Waals surface area contributed by atoms with Crippen molar-refractivity contribution in [3.63, 3.8) is 0 Å². The number of hydrogen-bond acceptors (Lipinski definition) is 20. The summed E-state index contributed by atoms with van der Waals surface area (Å²) >= 11 is 5.66. The standard InChI is InChI=1S/C26H32FN9O12P2S2/c1-11(2)44-26(38)41-10-52-50(40)43-6-14-19(15(27)24(46-14)35-8-33-16-12(28)3-4-30-22(16)35)47-49(39,51)42-5-13-18(37)20(48-50)25(45-13)36-9-34-17-21(29)31-7-32-23(17)36/h3-4,7-9,11,13-15,18-20,24-25,37H,5-6,10H2,1-2H3,(H2,28,30)(H,39,51)(H2,29,31,32)/t13-,14-,15?,18+,19+,20?,24-,25-,49?,50?/m1/s1. The van der Waals surface area contributed by atoms with E-state index in [4.69, 9.17) is 60.3 Å². The van der Waals surface area contributed by atoms with Crippen molar-refractivity contribution >= 4 is 76.7 Å². The van der Waals surface area contributed by atoms with Gasteiger partial charge in [-0.15, -0.1) is 0 Å². The van der Waals surface area contributed by atoms with Crippen LogP contribution in [0.2, 0.25) is 0 Å². The van der Waals surface area contributed by atoms with Crippen molar-refractivity contribution in [2.24, 2.45) is 0 Å². The summed E-state index contributed by atoms with van der Waals surface area (Å²) in [5.74, 6) is -0.555. The van der Waals surface area contributed by atoms with Crippen LogP contribution in [0.25, 0.3) is 22.3 Å². The van der Waals surface area contributed by atoms with E-state index in [1.807, 2.05) is 0 Å². The lowest BCUT2D eigenvalue weighted by Crippen LogP contribution is -2.35. The molecule has 10 atom stereocenters. The SMILES string of the molecule is CC(C)OC(=O)OCSP1(=O)OC[C@H]2O[C@@H](n3cnc4c(N)ccnc43)C(F)[C@H]2OP(O)(=S)OC[C@H]2O[C@@H](n3cnc4c(N)ncnc43)C(O1)[C@H]2O. The maximum atomic E-state index is 16.4. The van der Waals surface area contributed by atoms with Gasteiger partial charge in [0.1, 0.15) is 47.9 Å². The zero-order valence-corrected chi connectivity index (χ0v) is 30.5. The molecule has 7 rings (SSSR count).